The van der Waals surface area contributed by atoms with Gasteiger partial charge in [0.25, 0.3) is 5.91 Å². The molecule has 4 rings (SSSR count). The number of amides is 2. The summed E-state index contributed by atoms with van der Waals surface area (Å²) in [5.41, 5.74) is 2.53. The molecule has 0 aromatic heterocycles. The van der Waals surface area contributed by atoms with E-state index >= 15 is 0 Å². The van der Waals surface area contributed by atoms with Crippen molar-refractivity contribution in [1.29, 1.82) is 0 Å². The van der Waals surface area contributed by atoms with Crippen LogP contribution in [0.5, 0.6) is 0 Å². The first-order valence-electron chi connectivity index (χ1n) is 8.83. The van der Waals surface area contributed by atoms with Crippen molar-refractivity contribution in [2.24, 2.45) is 0 Å². The number of hydrogen-bond acceptors (Lipinski definition) is 5. The molecule has 2 heterocycles. The van der Waals surface area contributed by atoms with Gasteiger partial charge in [-0.2, -0.15) is 0 Å². The standard InChI is InChI=1S/C20H21N3O3/c24-19-14-18(21-15-4-2-1-3-5-15)20(25)23(19)17-8-6-16(7-9-17)22-10-12-26-13-11-22/h1-9,18,21H,10-14H2/t18-/m0/s1. The van der Waals surface area contributed by atoms with Crippen molar-refractivity contribution >= 4 is 28.9 Å². The van der Waals surface area contributed by atoms with Crippen LogP contribution in [0.3, 0.4) is 0 Å². The van der Waals surface area contributed by atoms with Gasteiger partial charge in [0, 0.05) is 24.5 Å². The fourth-order valence-electron chi connectivity index (χ4n) is 3.39. The number of carbonyl (C=O) groups excluding carboxylic acids is 2. The van der Waals surface area contributed by atoms with Crippen LogP contribution >= 0.6 is 0 Å². The normalized spacial score (nSPS) is 20.5. The van der Waals surface area contributed by atoms with Crippen LogP contribution in [0.25, 0.3) is 0 Å². The number of carbonyl (C=O) groups is 2. The molecule has 0 saturated carbocycles. The Kier molecular flexibility index (Phi) is 4.58. The van der Waals surface area contributed by atoms with E-state index in [1.54, 1.807) is 0 Å². The maximum atomic E-state index is 12.7. The van der Waals surface area contributed by atoms with E-state index in [0.29, 0.717) is 5.69 Å². The Morgan fingerprint density at radius 3 is 2.23 bits per heavy atom. The molecule has 2 aromatic carbocycles. The van der Waals surface area contributed by atoms with Crippen molar-refractivity contribution < 1.29 is 14.3 Å². The average Bonchev–Trinajstić information content (AvgIpc) is 2.97. The van der Waals surface area contributed by atoms with E-state index in [9.17, 15) is 9.59 Å². The van der Waals surface area contributed by atoms with Gasteiger partial charge in [0.15, 0.2) is 0 Å². The number of imide groups is 1. The van der Waals surface area contributed by atoms with Crippen LogP contribution in [0.1, 0.15) is 6.42 Å². The van der Waals surface area contributed by atoms with E-state index in [1.165, 1.54) is 4.90 Å². The number of para-hydroxylation sites is 1. The third-order valence-corrected chi connectivity index (χ3v) is 4.75. The molecule has 2 aliphatic rings. The minimum absolute atomic E-state index is 0.166. The Balaban J connectivity index is 1.48. The van der Waals surface area contributed by atoms with Crippen LogP contribution < -0.4 is 15.1 Å². The quantitative estimate of drug-likeness (QED) is 0.856. The van der Waals surface area contributed by atoms with Crippen molar-refractivity contribution in [3.63, 3.8) is 0 Å². The van der Waals surface area contributed by atoms with Gasteiger partial charge in [-0.05, 0) is 36.4 Å². The number of rotatable bonds is 4. The molecule has 2 aromatic rings. The number of hydrogen-bond donors (Lipinski definition) is 1. The zero-order valence-electron chi connectivity index (χ0n) is 14.4. The van der Waals surface area contributed by atoms with Gasteiger partial charge in [-0.1, -0.05) is 18.2 Å². The summed E-state index contributed by atoms with van der Waals surface area (Å²) in [5.74, 6) is -0.388. The molecule has 0 spiro atoms. The first-order valence-corrected chi connectivity index (χ1v) is 8.83. The SMILES string of the molecule is O=C1C[C@H](Nc2ccccc2)C(=O)N1c1ccc(N2CCOCC2)cc1. The van der Waals surface area contributed by atoms with Crippen LogP contribution in [0.15, 0.2) is 54.6 Å². The minimum atomic E-state index is -0.524. The molecular weight excluding hydrogens is 330 g/mol. The van der Waals surface area contributed by atoms with Gasteiger partial charge in [-0.25, -0.2) is 4.90 Å². The number of nitrogens with zero attached hydrogens (tertiary/aromatic N) is 2. The summed E-state index contributed by atoms with van der Waals surface area (Å²) >= 11 is 0. The summed E-state index contributed by atoms with van der Waals surface area (Å²) in [6.45, 7) is 3.14. The lowest BCUT2D eigenvalue weighted by atomic mass is 10.2. The molecule has 2 fully saturated rings. The molecule has 6 heteroatoms. The van der Waals surface area contributed by atoms with Crippen LogP contribution in [-0.4, -0.2) is 44.2 Å². The van der Waals surface area contributed by atoms with Crippen molar-refractivity contribution in [2.75, 3.05) is 41.4 Å². The van der Waals surface area contributed by atoms with E-state index in [1.807, 2.05) is 54.6 Å². The molecule has 1 atom stereocenters. The third-order valence-electron chi connectivity index (χ3n) is 4.75. The average molecular weight is 351 g/mol. The van der Waals surface area contributed by atoms with Gasteiger partial charge in [-0.15, -0.1) is 0 Å². The highest BCUT2D eigenvalue weighted by Crippen LogP contribution is 2.27. The minimum Gasteiger partial charge on any atom is -0.378 e. The predicted molar refractivity (Wildman–Crippen MR) is 100 cm³/mol. The largest absolute Gasteiger partial charge is 0.378 e. The Morgan fingerprint density at radius 2 is 1.54 bits per heavy atom. The summed E-state index contributed by atoms with van der Waals surface area (Å²) < 4.78 is 5.37. The topological polar surface area (TPSA) is 61.9 Å². The van der Waals surface area contributed by atoms with Crippen molar-refractivity contribution in [3.05, 3.63) is 54.6 Å². The van der Waals surface area contributed by atoms with Gasteiger partial charge in [0.1, 0.15) is 6.04 Å². The number of nitrogens with one attached hydrogen (secondary N) is 1. The Bertz CT molecular complexity index is 786. The molecule has 2 aliphatic heterocycles. The van der Waals surface area contributed by atoms with Crippen LogP contribution in [-0.2, 0) is 14.3 Å². The zero-order valence-corrected chi connectivity index (χ0v) is 14.4. The zero-order chi connectivity index (χ0) is 17.9. The summed E-state index contributed by atoms with van der Waals surface area (Å²) in [4.78, 5) is 28.7. The highest BCUT2D eigenvalue weighted by molar-refractivity contribution is 6.23. The molecule has 2 amide bonds. The highest BCUT2D eigenvalue weighted by atomic mass is 16.5. The Morgan fingerprint density at radius 1 is 0.885 bits per heavy atom. The van der Waals surface area contributed by atoms with E-state index in [4.69, 9.17) is 4.74 Å². The lowest BCUT2D eigenvalue weighted by Crippen LogP contribution is -2.36. The molecule has 0 aliphatic carbocycles. The smallest absolute Gasteiger partial charge is 0.256 e. The molecule has 0 bridgehead atoms. The number of benzene rings is 2. The van der Waals surface area contributed by atoms with Gasteiger partial charge < -0.3 is 15.0 Å². The molecule has 1 N–H and O–H groups in total. The molecule has 26 heavy (non-hydrogen) atoms. The van der Waals surface area contributed by atoms with Gasteiger partial charge in [0.2, 0.25) is 5.91 Å². The molecule has 0 unspecified atom stereocenters. The molecule has 6 nitrogen and oxygen atoms in total. The number of morpholine rings is 1. The molecule has 2 saturated heterocycles. The van der Waals surface area contributed by atoms with E-state index in [2.05, 4.69) is 10.2 Å². The van der Waals surface area contributed by atoms with E-state index < -0.39 is 6.04 Å². The summed E-state index contributed by atoms with van der Waals surface area (Å²) in [7, 11) is 0. The van der Waals surface area contributed by atoms with Crippen molar-refractivity contribution in [2.45, 2.75) is 12.5 Å². The summed E-state index contributed by atoms with van der Waals surface area (Å²) in [6, 6.07) is 16.5. The van der Waals surface area contributed by atoms with Crippen LogP contribution in [0, 0.1) is 0 Å². The highest BCUT2D eigenvalue weighted by Gasteiger charge is 2.39. The summed E-state index contributed by atoms with van der Waals surface area (Å²) in [5, 5.41) is 3.15. The maximum Gasteiger partial charge on any atom is 0.256 e. The Hall–Kier alpha value is -2.86. The van der Waals surface area contributed by atoms with Gasteiger partial charge in [-0.3, -0.25) is 9.59 Å². The van der Waals surface area contributed by atoms with Crippen molar-refractivity contribution in [1.82, 2.24) is 0 Å². The van der Waals surface area contributed by atoms with E-state index in [0.717, 1.165) is 37.7 Å². The third kappa shape index (κ3) is 3.28. The van der Waals surface area contributed by atoms with Crippen molar-refractivity contribution in [3.8, 4) is 0 Å². The fourth-order valence-corrected chi connectivity index (χ4v) is 3.39. The fraction of sp³-hybridized carbons (Fsp3) is 0.300. The number of ether oxygens (including phenoxy) is 1. The second-order valence-corrected chi connectivity index (χ2v) is 6.45. The van der Waals surface area contributed by atoms with Crippen LogP contribution in [0.2, 0.25) is 0 Å². The van der Waals surface area contributed by atoms with Crippen LogP contribution in [0.4, 0.5) is 17.1 Å². The lowest BCUT2D eigenvalue weighted by molar-refractivity contribution is -0.121. The lowest BCUT2D eigenvalue weighted by Gasteiger charge is -2.29. The first kappa shape index (κ1) is 16.6. The maximum absolute atomic E-state index is 12.7. The Labute approximate surface area is 152 Å². The van der Waals surface area contributed by atoms with Gasteiger partial charge >= 0.3 is 0 Å². The predicted octanol–water partition coefficient (Wildman–Crippen LogP) is 2.27. The first-order chi connectivity index (χ1) is 12.7. The van der Waals surface area contributed by atoms with E-state index in [-0.39, 0.29) is 18.2 Å². The molecule has 134 valence electrons. The summed E-state index contributed by atoms with van der Waals surface area (Å²) in [6.07, 6.45) is 0.166. The second kappa shape index (κ2) is 7.17. The molecular formula is C20H21N3O3. The molecule has 0 radical (unpaired) electrons. The number of anilines is 3. The second-order valence-electron chi connectivity index (χ2n) is 6.45. The van der Waals surface area contributed by atoms with Gasteiger partial charge in [0.05, 0.1) is 25.3 Å². The monoisotopic (exact) mass is 351 g/mol.